The van der Waals surface area contributed by atoms with Gasteiger partial charge in [-0.2, -0.15) is 0 Å². The predicted molar refractivity (Wildman–Crippen MR) is 85.7 cm³/mol. The summed E-state index contributed by atoms with van der Waals surface area (Å²) in [7, 11) is 0. The Bertz CT molecular complexity index is 831. The van der Waals surface area contributed by atoms with Crippen molar-refractivity contribution in [3.05, 3.63) is 71.1 Å². The van der Waals surface area contributed by atoms with E-state index in [2.05, 4.69) is 10.5 Å². The lowest BCUT2D eigenvalue weighted by Gasteiger charge is -2.03. The Labute approximate surface area is 136 Å². The van der Waals surface area contributed by atoms with Gasteiger partial charge in [0.25, 0.3) is 0 Å². The van der Waals surface area contributed by atoms with E-state index < -0.39 is 5.82 Å². The second-order valence-corrected chi connectivity index (χ2v) is 5.36. The van der Waals surface area contributed by atoms with Crippen LogP contribution in [-0.4, -0.2) is 11.1 Å². The molecule has 0 bridgehead atoms. The number of halogens is 2. The Hall–Kier alpha value is -2.66. The molecule has 1 amide bonds. The van der Waals surface area contributed by atoms with E-state index in [1.165, 1.54) is 18.2 Å². The monoisotopic (exact) mass is 330 g/mol. The summed E-state index contributed by atoms with van der Waals surface area (Å²) in [5.41, 5.74) is 1.71. The Morgan fingerprint density at radius 1 is 1.17 bits per heavy atom. The van der Waals surface area contributed by atoms with E-state index in [9.17, 15) is 9.18 Å². The van der Waals surface area contributed by atoms with Gasteiger partial charge >= 0.3 is 0 Å². The molecule has 3 rings (SSSR count). The summed E-state index contributed by atoms with van der Waals surface area (Å²) in [6.07, 6.45) is 0.0353. The lowest BCUT2D eigenvalue weighted by molar-refractivity contribution is -0.115. The molecule has 2 aromatic carbocycles. The Morgan fingerprint density at radius 3 is 2.70 bits per heavy atom. The largest absolute Gasteiger partial charge is 0.356 e. The van der Waals surface area contributed by atoms with Crippen LogP contribution in [0.4, 0.5) is 10.1 Å². The fraction of sp³-hybridized carbons (Fsp3) is 0.0588. The van der Waals surface area contributed by atoms with Crippen LogP contribution in [0.2, 0.25) is 5.02 Å². The Balaban J connectivity index is 1.66. The van der Waals surface area contributed by atoms with Crippen molar-refractivity contribution in [1.29, 1.82) is 0 Å². The van der Waals surface area contributed by atoms with Gasteiger partial charge in [0, 0.05) is 22.3 Å². The third kappa shape index (κ3) is 3.96. The van der Waals surface area contributed by atoms with Crippen LogP contribution in [-0.2, 0) is 11.2 Å². The number of nitrogens with one attached hydrogen (secondary N) is 1. The summed E-state index contributed by atoms with van der Waals surface area (Å²) in [6.45, 7) is 0. The zero-order valence-corrected chi connectivity index (χ0v) is 12.7. The molecule has 0 saturated carbocycles. The first-order valence-corrected chi connectivity index (χ1v) is 7.25. The van der Waals surface area contributed by atoms with E-state index in [1.54, 1.807) is 36.4 Å². The molecular weight excluding hydrogens is 319 g/mol. The van der Waals surface area contributed by atoms with Gasteiger partial charge in [0.15, 0.2) is 5.76 Å². The normalized spacial score (nSPS) is 10.5. The van der Waals surface area contributed by atoms with Gasteiger partial charge in [-0.05, 0) is 42.5 Å². The van der Waals surface area contributed by atoms with Gasteiger partial charge < -0.3 is 9.84 Å². The smallest absolute Gasteiger partial charge is 0.230 e. The number of amides is 1. The molecule has 0 unspecified atom stereocenters. The predicted octanol–water partition coefficient (Wildman–Crippen LogP) is 4.32. The van der Waals surface area contributed by atoms with Gasteiger partial charge in [0.2, 0.25) is 5.91 Å². The molecule has 6 heteroatoms. The molecule has 116 valence electrons. The summed E-state index contributed by atoms with van der Waals surface area (Å²) in [6, 6.07) is 14.5. The van der Waals surface area contributed by atoms with Crippen molar-refractivity contribution in [2.75, 3.05) is 5.32 Å². The number of anilines is 1. The van der Waals surface area contributed by atoms with Gasteiger partial charge in [-0.25, -0.2) is 4.39 Å². The van der Waals surface area contributed by atoms with Crippen LogP contribution >= 0.6 is 11.6 Å². The van der Waals surface area contributed by atoms with Gasteiger partial charge in [-0.3, -0.25) is 4.79 Å². The van der Waals surface area contributed by atoms with E-state index in [0.29, 0.717) is 22.2 Å². The third-order valence-corrected chi connectivity index (χ3v) is 3.39. The SMILES string of the molecule is O=C(Cc1cc(-c2ccc(Cl)cc2)on1)Nc1cccc(F)c1. The van der Waals surface area contributed by atoms with Crippen molar-refractivity contribution < 1.29 is 13.7 Å². The molecule has 0 aliphatic carbocycles. The first-order chi connectivity index (χ1) is 11.1. The molecule has 0 aliphatic heterocycles. The van der Waals surface area contributed by atoms with Crippen LogP contribution in [0.25, 0.3) is 11.3 Å². The van der Waals surface area contributed by atoms with Crippen molar-refractivity contribution in [3.8, 4) is 11.3 Å². The highest BCUT2D eigenvalue weighted by Crippen LogP contribution is 2.22. The van der Waals surface area contributed by atoms with Crippen LogP contribution in [0.3, 0.4) is 0 Å². The van der Waals surface area contributed by atoms with Gasteiger partial charge in [-0.1, -0.05) is 22.8 Å². The number of hydrogen-bond donors (Lipinski definition) is 1. The highest BCUT2D eigenvalue weighted by atomic mass is 35.5. The number of benzene rings is 2. The molecule has 4 nitrogen and oxygen atoms in total. The van der Waals surface area contributed by atoms with Gasteiger partial charge in [0.05, 0.1) is 12.1 Å². The van der Waals surface area contributed by atoms with Crippen molar-refractivity contribution in [3.63, 3.8) is 0 Å². The summed E-state index contributed by atoms with van der Waals surface area (Å²) in [5, 5.41) is 7.11. The lowest BCUT2D eigenvalue weighted by Crippen LogP contribution is -2.14. The van der Waals surface area contributed by atoms with E-state index in [4.69, 9.17) is 16.1 Å². The van der Waals surface area contributed by atoms with Crippen LogP contribution < -0.4 is 5.32 Å². The second kappa shape index (κ2) is 6.62. The van der Waals surface area contributed by atoms with E-state index >= 15 is 0 Å². The summed E-state index contributed by atoms with van der Waals surface area (Å²) in [5.74, 6) is -0.156. The van der Waals surface area contributed by atoms with Crippen LogP contribution in [0.5, 0.6) is 0 Å². The maximum Gasteiger partial charge on any atom is 0.230 e. The minimum atomic E-state index is -0.408. The highest BCUT2D eigenvalue weighted by Gasteiger charge is 2.11. The fourth-order valence-electron chi connectivity index (χ4n) is 2.08. The number of hydrogen-bond acceptors (Lipinski definition) is 3. The lowest BCUT2D eigenvalue weighted by atomic mass is 10.1. The van der Waals surface area contributed by atoms with Crippen LogP contribution in [0.1, 0.15) is 5.69 Å². The molecule has 1 N–H and O–H groups in total. The second-order valence-electron chi connectivity index (χ2n) is 4.92. The summed E-state index contributed by atoms with van der Waals surface area (Å²) < 4.78 is 18.3. The minimum Gasteiger partial charge on any atom is -0.356 e. The summed E-state index contributed by atoms with van der Waals surface area (Å²) in [4.78, 5) is 12.0. The third-order valence-electron chi connectivity index (χ3n) is 3.14. The van der Waals surface area contributed by atoms with Crippen LogP contribution in [0.15, 0.2) is 59.1 Å². The molecule has 0 fully saturated rings. The van der Waals surface area contributed by atoms with Crippen LogP contribution in [0, 0.1) is 5.82 Å². The highest BCUT2D eigenvalue weighted by molar-refractivity contribution is 6.30. The maximum atomic E-state index is 13.1. The fourth-order valence-corrected chi connectivity index (χ4v) is 2.21. The topological polar surface area (TPSA) is 55.1 Å². The average Bonchev–Trinajstić information content (AvgIpc) is 2.96. The number of aromatic nitrogens is 1. The van der Waals surface area contributed by atoms with E-state index in [0.717, 1.165) is 5.56 Å². The zero-order chi connectivity index (χ0) is 16.2. The van der Waals surface area contributed by atoms with Crippen molar-refractivity contribution in [2.24, 2.45) is 0 Å². The number of carbonyl (C=O) groups is 1. The molecule has 1 heterocycles. The first kappa shape index (κ1) is 15.2. The average molecular weight is 331 g/mol. The van der Waals surface area contributed by atoms with Gasteiger partial charge in [0.1, 0.15) is 5.82 Å². The number of carbonyl (C=O) groups excluding carboxylic acids is 1. The summed E-state index contributed by atoms with van der Waals surface area (Å²) >= 11 is 5.84. The molecule has 3 aromatic rings. The standard InChI is InChI=1S/C17H12ClFN2O2/c18-12-6-4-11(5-7-12)16-9-15(21-23-16)10-17(22)20-14-3-1-2-13(19)8-14/h1-9H,10H2,(H,20,22). The molecule has 0 saturated heterocycles. The Morgan fingerprint density at radius 2 is 1.96 bits per heavy atom. The first-order valence-electron chi connectivity index (χ1n) is 6.87. The zero-order valence-electron chi connectivity index (χ0n) is 11.9. The molecular formula is C17H12ClFN2O2. The molecule has 0 spiro atoms. The Kier molecular flexibility index (Phi) is 4.39. The van der Waals surface area contributed by atoms with E-state index in [-0.39, 0.29) is 12.3 Å². The molecule has 0 aliphatic rings. The molecule has 1 aromatic heterocycles. The quantitative estimate of drug-likeness (QED) is 0.775. The number of rotatable bonds is 4. The molecule has 0 radical (unpaired) electrons. The molecule has 0 atom stereocenters. The molecule has 23 heavy (non-hydrogen) atoms. The number of nitrogens with zero attached hydrogens (tertiary/aromatic N) is 1. The van der Waals surface area contributed by atoms with Gasteiger partial charge in [-0.15, -0.1) is 0 Å². The van der Waals surface area contributed by atoms with Crippen molar-refractivity contribution >= 4 is 23.2 Å². The maximum absolute atomic E-state index is 13.1. The minimum absolute atomic E-state index is 0.0353. The van der Waals surface area contributed by atoms with Crippen molar-refractivity contribution in [2.45, 2.75) is 6.42 Å². The van der Waals surface area contributed by atoms with Crippen molar-refractivity contribution in [1.82, 2.24) is 5.16 Å². The van der Waals surface area contributed by atoms with E-state index in [1.807, 2.05) is 0 Å².